The molecule has 3 aromatic carbocycles. The first kappa shape index (κ1) is 21.0. The summed E-state index contributed by atoms with van der Waals surface area (Å²) in [4.78, 5) is 17.0. The van der Waals surface area contributed by atoms with Crippen LogP contribution in [0.5, 0.6) is 0 Å². The molecule has 3 nitrogen and oxygen atoms in total. The van der Waals surface area contributed by atoms with Gasteiger partial charge in [0.1, 0.15) is 11.6 Å². The molecule has 1 N–H and O–H groups in total. The highest BCUT2D eigenvalue weighted by molar-refractivity contribution is 5.94. The lowest BCUT2D eigenvalue weighted by molar-refractivity contribution is 0.0950. The number of pyridine rings is 1. The predicted octanol–water partition coefficient (Wildman–Crippen LogP) is 5.76. The van der Waals surface area contributed by atoms with Crippen molar-refractivity contribution >= 4 is 5.91 Å². The summed E-state index contributed by atoms with van der Waals surface area (Å²) in [5.74, 6) is -1.30. The standard InChI is InChI=1S/C28H22F2N2O/c1-17-2-3-18(15-31-17)16-32-28(33)22-7-5-20-10-19-4-6-21(11-23(19)13-24(20)12-22)26-9-8-25(29)14-27(26)30/h2-9,11-12,14-15H,10,13,16H2,1H3,(H,32,33). The molecule has 0 saturated carbocycles. The lowest BCUT2D eigenvalue weighted by atomic mass is 9.83. The number of nitrogens with zero attached hydrogens (tertiary/aromatic N) is 1. The van der Waals surface area contributed by atoms with Crippen molar-refractivity contribution < 1.29 is 13.6 Å². The van der Waals surface area contributed by atoms with Crippen LogP contribution in [0, 0.1) is 18.6 Å². The van der Waals surface area contributed by atoms with E-state index >= 15 is 0 Å². The number of hydrogen-bond donors (Lipinski definition) is 1. The first-order valence-corrected chi connectivity index (χ1v) is 10.8. The number of aryl methyl sites for hydroxylation is 1. The number of nitrogens with one attached hydrogen (secondary N) is 1. The van der Waals surface area contributed by atoms with Crippen LogP contribution in [0.15, 0.2) is 72.9 Å². The molecule has 1 aromatic heterocycles. The lowest BCUT2D eigenvalue weighted by Gasteiger charge is -2.21. The minimum Gasteiger partial charge on any atom is -0.348 e. The van der Waals surface area contributed by atoms with Crippen LogP contribution in [0.1, 0.15) is 43.9 Å². The Balaban J connectivity index is 1.35. The van der Waals surface area contributed by atoms with Crippen LogP contribution in [-0.4, -0.2) is 10.9 Å². The van der Waals surface area contributed by atoms with Crippen LogP contribution >= 0.6 is 0 Å². The van der Waals surface area contributed by atoms with Crippen molar-refractivity contribution in [2.45, 2.75) is 26.3 Å². The Bertz CT molecular complexity index is 1360. The third kappa shape index (κ3) is 4.40. The first-order valence-electron chi connectivity index (χ1n) is 10.8. The van der Waals surface area contributed by atoms with Crippen molar-refractivity contribution in [2.75, 3.05) is 0 Å². The summed E-state index contributed by atoms with van der Waals surface area (Å²) in [6.45, 7) is 2.34. The van der Waals surface area contributed by atoms with Gasteiger partial charge in [-0.05, 0) is 83.5 Å². The van der Waals surface area contributed by atoms with E-state index in [2.05, 4.69) is 10.3 Å². The van der Waals surface area contributed by atoms with E-state index in [4.69, 9.17) is 0 Å². The van der Waals surface area contributed by atoms with Gasteiger partial charge in [-0.3, -0.25) is 9.78 Å². The van der Waals surface area contributed by atoms with E-state index in [0.717, 1.165) is 40.4 Å². The predicted molar refractivity (Wildman–Crippen MR) is 124 cm³/mol. The average molecular weight is 440 g/mol. The number of aromatic nitrogens is 1. The molecule has 164 valence electrons. The Hall–Kier alpha value is -3.86. The fourth-order valence-electron chi connectivity index (χ4n) is 4.26. The highest BCUT2D eigenvalue weighted by atomic mass is 19.1. The van der Waals surface area contributed by atoms with Crippen molar-refractivity contribution in [3.63, 3.8) is 0 Å². The van der Waals surface area contributed by atoms with Gasteiger partial charge in [0.05, 0.1) is 0 Å². The highest BCUT2D eigenvalue weighted by Gasteiger charge is 2.18. The second-order valence-corrected chi connectivity index (χ2v) is 8.44. The van der Waals surface area contributed by atoms with Gasteiger partial charge in [-0.15, -0.1) is 0 Å². The van der Waals surface area contributed by atoms with E-state index in [9.17, 15) is 13.6 Å². The molecule has 1 heterocycles. The van der Waals surface area contributed by atoms with Crippen molar-refractivity contribution in [2.24, 2.45) is 0 Å². The molecule has 5 heteroatoms. The monoisotopic (exact) mass is 440 g/mol. The Kier molecular flexibility index (Phi) is 5.47. The number of halogens is 2. The summed E-state index contributed by atoms with van der Waals surface area (Å²) in [7, 11) is 0. The minimum atomic E-state index is -0.590. The molecule has 0 saturated heterocycles. The summed E-state index contributed by atoms with van der Waals surface area (Å²) in [6.07, 6.45) is 3.18. The molecule has 33 heavy (non-hydrogen) atoms. The van der Waals surface area contributed by atoms with Gasteiger partial charge in [0.25, 0.3) is 5.91 Å². The lowest BCUT2D eigenvalue weighted by Crippen LogP contribution is -2.23. The van der Waals surface area contributed by atoms with Gasteiger partial charge in [0.15, 0.2) is 0 Å². The summed E-state index contributed by atoms with van der Waals surface area (Å²) < 4.78 is 27.6. The molecule has 0 bridgehead atoms. The van der Waals surface area contributed by atoms with Crippen LogP contribution in [0.4, 0.5) is 8.78 Å². The van der Waals surface area contributed by atoms with Gasteiger partial charge < -0.3 is 5.32 Å². The third-order valence-electron chi connectivity index (χ3n) is 6.10. The fourth-order valence-corrected chi connectivity index (χ4v) is 4.26. The molecule has 0 atom stereocenters. The SMILES string of the molecule is Cc1ccc(CNC(=O)c2ccc3c(c2)Cc2cc(-c4ccc(F)cc4F)ccc2C3)cn1. The van der Waals surface area contributed by atoms with Crippen LogP contribution in [0.2, 0.25) is 0 Å². The second-order valence-electron chi connectivity index (χ2n) is 8.44. The van der Waals surface area contributed by atoms with E-state index < -0.39 is 11.6 Å². The number of hydrogen-bond acceptors (Lipinski definition) is 2. The Morgan fingerprint density at radius 2 is 1.64 bits per heavy atom. The molecule has 0 spiro atoms. The first-order chi connectivity index (χ1) is 16.0. The molecule has 1 aliphatic carbocycles. The zero-order chi connectivity index (χ0) is 22.9. The number of benzene rings is 3. The van der Waals surface area contributed by atoms with E-state index in [1.807, 2.05) is 55.5 Å². The van der Waals surface area contributed by atoms with Gasteiger partial charge in [0.2, 0.25) is 0 Å². The largest absolute Gasteiger partial charge is 0.348 e. The van der Waals surface area contributed by atoms with Gasteiger partial charge in [0, 0.05) is 35.6 Å². The normalized spacial score (nSPS) is 12.1. The maximum atomic E-state index is 14.3. The van der Waals surface area contributed by atoms with Gasteiger partial charge in [-0.1, -0.05) is 30.3 Å². The van der Waals surface area contributed by atoms with Gasteiger partial charge in [-0.2, -0.15) is 0 Å². The molecule has 4 aromatic rings. The number of rotatable bonds is 4. The smallest absolute Gasteiger partial charge is 0.251 e. The Morgan fingerprint density at radius 1 is 0.879 bits per heavy atom. The molecule has 0 radical (unpaired) electrons. The Morgan fingerprint density at radius 3 is 2.39 bits per heavy atom. The Labute approximate surface area is 191 Å². The molecule has 1 amide bonds. The van der Waals surface area contributed by atoms with Gasteiger partial charge >= 0.3 is 0 Å². The number of carbonyl (C=O) groups is 1. The summed E-state index contributed by atoms with van der Waals surface area (Å²) >= 11 is 0. The highest BCUT2D eigenvalue weighted by Crippen LogP contribution is 2.32. The third-order valence-corrected chi connectivity index (χ3v) is 6.10. The molecule has 5 rings (SSSR count). The number of amides is 1. The quantitative estimate of drug-likeness (QED) is 0.386. The van der Waals surface area contributed by atoms with Crippen molar-refractivity contribution in [1.29, 1.82) is 0 Å². The van der Waals surface area contributed by atoms with Crippen LogP contribution in [0.25, 0.3) is 11.1 Å². The number of fused-ring (bicyclic) bond motifs is 2. The van der Waals surface area contributed by atoms with E-state index in [1.54, 1.807) is 6.20 Å². The van der Waals surface area contributed by atoms with Gasteiger partial charge in [-0.25, -0.2) is 8.78 Å². The van der Waals surface area contributed by atoms with Crippen molar-refractivity contribution in [1.82, 2.24) is 10.3 Å². The average Bonchev–Trinajstić information content (AvgIpc) is 2.81. The summed E-state index contributed by atoms with van der Waals surface area (Å²) in [5, 5.41) is 2.95. The maximum absolute atomic E-state index is 14.3. The maximum Gasteiger partial charge on any atom is 0.251 e. The molecule has 1 aliphatic rings. The minimum absolute atomic E-state index is 0.133. The van der Waals surface area contributed by atoms with E-state index in [1.165, 1.54) is 23.3 Å². The molecule has 0 fully saturated rings. The topological polar surface area (TPSA) is 42.0 Å². The van der Waals surface area contributed by atoms with Crippen LogP contribution < -0.4 is 5.32 Å². The van der Waals surface area contributed by atoms with Crippen LogP contribution in [0.3, 0.4) is 0 Å². The molecular formula is C28H22F2N2O. The van der Waals surface area contributed by atoms with Crippen molar-refractivity contribution in [3.05, 3.63) is 124 Å². The zero-order valence-electron chi connectivity index (χ0n) is 18.2. The summed E-state index contributed by atoms with van der Waals surface area (Å²) in [6, 6.07) is 19.2. The fraction of sp³-hybridized carbons (Fsp3) is 0.143. The molecule has 0 unspecified atom stereocenters. The second kappa shape index (κ2) is 8.58. The zero-order valence-corrected chi connectivity index (χ0v) is 18.2. The molecular weight excluding hydrogens is 418 g/mol. The van der Waals surface area contributed by atoms with Crippen LogP contribution in [-0.2, 0) is 19.4 Å². The number of carbonyl (C=O) groups excluding carboxylic acids is 1. The van der Waals surface area contributed by atoms with Crippen molar-refractivity contribution in [3.8, 4) is 11.1 Å². The summed E-state index contributed by atoms with van der Waals surface area (Å²) in [5.41, 5.74) is 8.13. The van der Waals surface area contributed by atoms with E-state index in [0.29, 0.717) is 24.1 Å². The van der Waals surface area contributed by atoms with E-state index in [-0.39, 0.29) is 5.91 Å². The molecule has 0 aliphatic heterocycles.